The number of hydrogen-bond donors (Lipinski definition) is 2. The highest BCUT2D eigenvalue weighted by Gasteiger charge is 2.22. The topological polar surface area (TPSA) is 54.3 Å². The minimum absolute atomic E-state index is 0.0360. The molecule has 1 unspecified atom stereocenters. The summed E-state index contributed by atoms with van der Waals surface area (Å²) in [5.74, 6) is 0.868. The number of carbonyl (C=O) groups excluding carboxylic acids is 1. The summed E-state index contributed by atoms with van der Waals surface area (Å²) >= 11 is 0. The molecule has 0 bridgehead atoms. The number of rotatable bonds is 3. The predicted molar refractivity (Wildman–Crippen MR) is 60.9 cm³/mol. The lowest BCUT2D eigenvalue weighted by Gasteiger charge is -2.24. The first-order chi connectivity index (χ1) is 7.77. The van der Waals surface area contributed by atoms with Crippen molar-refractivity contribution < 1.29 is 9.21 Å². The van der Waals surface area contributed by atoms with Crippen LogP contribution < -0.4 is 10.6 Å². The van der Waals surface area contributed by atoms with Crippen LogP contribution in [-0.4, -0.2) is 18.5 Å². The van der Waals surface area contributed by atoms with Gasteiger partial charge in [-0.1, -0.05) is 6.42 Å². The van der Waals surface area contributed by atoms with Crippen LogP contribution in [-0.2, 0) is 4.79 Å². The third kappa shape index (κ3) is 2.64. The van der Waals surface area contributed by atoms with Gasteiger partial charge in [0, 0.05) is 0 Å². The van der Waals surface area contributed by atoms with Crippen LogP contribution in [0.1, 0.15) is 38.0 Å². The summed E-state index contributed by atoms with van der Waals surface area (Å²) in [6.07, 6.45) is 4.84. The van der Waals surface area contributed by atoms with Crippen molar-refractivity contribution in [2.45, 2.75) is 38.3 Å². The third-order valence-corrected chi connectivity index (χ3v) is 2.96. The van der Waals surface area contributed by atoms with Crippen molar-refractivity contribution >= 4 is 5.91 Å². The maximum Gasteiger partial charge on any atom is 0.237 e. The van der Waals surface area contributed by atoms with E-state index in [1.165, 1.54) is 0 Å². The van der Waals surface area contributed by atoms with Crippen LogP contribution in [0.3, 0.4) is 0 Å². The molecule has 0 aromatic carbocycles. The molecule has 0 saturated carbocycles. The van der Waals surface area contributed by atoms with E-state index < -0.39 is 0 Å². The molecule has 4 nitrogen and oxygen atoms in total. The van der Waals surface area contributed by atoms with Crippen LogP contribution in [0.4, 0.5) is 0 Å². The van der Waals surface area contributed by atoms with Crippen LogP contribution in [0, 0.1) is 0 Å². The SMILES string of the molecule is C[C@H](NC(=O)C1CCCCN1)c1ccco1. The molecule has 1 aliphatic heterocycles. The second kappa shape index (κ2) is 5.16. The molecule has 2 N–H and O–H groups in total. The molecule has 0 spiro atoms. The van der Waals surface area contributed by atoms with E-state index in [1.807, 2.05) is 19.1 Å². The van der Waals surface area contributed by atoms with E-state index in [-0.39, 0.29) is 18.0 Å². The lowest BCUT2D eigenvalue weighted by molar-refractivity contribution is -0.124. The number of carbonyl (C=O) groups is 1. The number of hydrogen-bond acceptors (Lipinski definition) is 3. The second-order valence-electron chi connectivity index (χ2n) is 4.25. The van der Waals surface area contributed by atoms with Gasteiger partial charge in [-0.15, -0.1) is 0 Å². The van der Waals surface area contributed by atoms with Gasteiger partial charge >= 0.3 is 0 Å². The first-order valence-electron chi connectivity index (χ1n) is 5.84. The zero-order valence-electron chi connectivity index (χ0n) is 9.53. The van der Waals surface area contributed by atoms with Gasteiger partial charge in [-0.25, -0.2) is 0 Å². The molecule has 0 radical (unpaired) electrons. The smallest absolute Gasteiger partial charge is 0.237 e. The normalized spacial score (nSPS) is 22.7. The molecule has 16 heavy (non-hydrogen) atoms. The van der Waals surface area contributed by atoms with Gasteiger partial charge in [0.1, 0.15) is 5.76 Å². The summed E-state index contributed by atoms with van der Waals surface area (Å²) in [7, 11) is 0. The largest absolute Gasteiger partial charge is 0.467 e. The van der Waals surface area contributed by atoms with Gasteiger partial charge in [-0.3, -0.25) is 4.79 Å². The Labute approximate surface area is 95.4 Å². The fraction of sp³-hybridized carbons (Fsp3) is 0.583. The second-order valence-corrected chi connectivity index (χ2v) is 4.25. The molecule has 2 atom stereocenters. The first-order valence-corrected chi connectivity index (χ1v) is 5.84. The van der Waals surface area contributed by atoms with Crippen molar-refractivity contribution in [1.29, 1.82) is 0 Å². The minimum atomic E-state index is -0.0637. The number of amides is 1. The monoisotopic (exact) mass is 222 g/mol. The van der Waals surface area contributed by atoms with Crippen molar-refractivity contribution in [2.75, 3.05) is 6.54 Å². The van der Waals surface area contributed by atoms with Crippen molar-refractivity contribution in [3.05, 3.63) is 24.2 Å². The maximum absolute atomic E-state index is 11.9. The first kappa shape index (κ1) is 11.2. The Bertz CT molecular complexity index is 329. The van der Waals surface area contributed by atoms with Crippen molar-refractivity contribution in [3.8, 4) is 0 Å². The number of nitrogens with one attached hydrogen (secondary N) is 2. The average Bonchev–Trinajstić information content (AvgIpc) is 2.83. The van der Waals surface area contributed by atoms with Crippen LogP contribution in [0.15, 0.2) is 22.8 Å². The van der Waals surface area contributed by atoms with Crippen LogP contribution >= 0.6 is 0 Å². The molecule has 2 heterocycles. The summed E-state index contributed by atoms with van der Waals surface area (Å²) in [4.78, 5) is 11.9. The summed E-state index contributed by atoms with van der Waals surface area (Å²) in [5.41, 5.74) is 0. The molecule has 1 saturated heterocycles. The van der Waals surface area contributed by atoms with Crippen LogP contribution in [0.5, 0.6) is 0 Å². The van der Waals surface area contributed by atoms with Crippen LogP contribution in [0.2, 0.25) is 0 Å². The van der Waals surface area contributed by atoms with E-state index in [4.69, 9.17) is 4.42 Å². The van der Waals surface area contributed by atoms with Crippen molar-refractivity contribution in [2.24, 2.45) is 0 Å². The summed E-state index contributed by atoms with van der Waals surface area (Å²) in [5, 5.41) is 6.18. The van der Waals surface area contributed by atoms with E-state index >= 15 is 0 Å². The Hall–Kier alpha value is -1.29. The van der Waals surface area contributed by atoms with E-state index in [2.05, 4.69) is 10.6 Å². The Morgan fingerprint density at radius 1 is 1.62 bits per heavy atom. The molecule has 0 aliphatic carbocycles. The van der Waals surface area contributed by atoms with Gasteiger partial charge in [0.2, 0.25) is 5.91 Å². The van der Waals surface area contributed by atoms with Gasteiger partial charge in [-0.05, 0) is 38.4 Å². The summed E-state index contributed by atoms with van der Waals surface area (Å²) in [6.45, 7) is 2.87. The quantitative estimate of drug-likeness (QED) is 0.816. The Balaban J connectivity index is 1.86. The Morgan fingerprint density at radius 2 is 2.50 bits per heavy atom. The molecule has 1 aromatic heterocycles. The molecule has 88 valence electrons. The van der Waals surface area contributed by atoms with Gasteiger partial charge in [0.15, 0.2) is 0 Å². The highest BCUT2D eigenvalue weighted by atomic mass is 16.3. The summed E-state index contributed by atoms with van der Waals surface area (Å²) in [6, 6.07) is 3.60. The van der Waals surface area contributed by atoms with E-state index in [9.17, 15) is 4.79 Å². The average molecular weight is 222 g/mol. The minimum Gasteiger partial charge on any atom is -0.467 e. The summed E-state index contributed by atoms with van der Waals surface area (Å²) < 4.78 is 5.25. The maximum atomic E-state index is 11.9. The molecule has 1 aromatic rings. The molecule has 4 heteroatoms. The van der Waals surface area contributed by atoms with E-state index in [0.29, 0.717) is 0 Å². The van der Waals surface area contributed by atoms with Gasteiger partial charge in [0.25, 0.3) is 0 Å². The zero-order valence-corrected chi connectivity index (χ0v) is 9.53. The standard InChI is InChI=1S/C12H18N2O2/c1-9(11-6-4-8-16-11)14-12(15)10-5-2-3-7-13-10/h4,6,8-10,13H,2-3,5,7H2,1H3,(H,14,15)/t9-,10?/m0/s1. The highest BCUT2D eigenvalue weighted by Crippen LogP contribution is 2.13. The van der Waals surface area contributed by atoms with Crippen molar-refractivity contribution in [1.82, 2.24) is 10.6 Å². The Morgan fingerprint density at radius 3 is 3.12 bits per heavy atom. The highest BCUT2D eigenvalue weighted by molar-refractivity contribution is 5.82. The number of piperidine rings is 1. The third-order valence-electron chi connectivity index (χ3n) is 2.96. The zero-order chi connectivity index (χ0) is 11.4. The Kier molecular flexibility index (Phi) is 3.62. The van der Waals surface area contributed by atoms with Crippen molar-refractivity contribution in [3.63, 3.8) is 0 Å². The van der Waals surface area contributed by atoms with E-state index in [0.717, 1.165) is 31.6 Å². The van der Waals surface area contributed by atoms with Gasteiger partial charge < -0.3 is 15.1 Å². The van der Waals surface area contributed by atoms with Crippen LogP contribution in [0.25, 0.3) is 0 Å². The molecule has 1 fully saturated rings. The fourth-order valence-corrected chi connectivity index (χ4v) is 2.00. The molecule has 1 aliphatic rings. The lowest BCUT2D eigenvalue weighted by atomic mass is 10.0. The van der Waals surface area contributed by atoms with Gasteiger partial charge in [0.05, 0.1) is 18.3 Å². The fourth-order valence-electron chi connectivity index (χ4n) is 2.00. The van der Waals surface area contributed by atoms with Gasteiger partial charge in [-0.2, -0.15) is 0 Å². The molecule has 2 rings (SSSR count). The predicted octanol–water partition coefficient (Wildman–Crippen LogP) is 1.60. The van der Waals surface area contributed by atoms with E-state index in [1.54, 1.807) is 6.26 Å². The number of furan rings is 1. The molecule has 1 amide bonds. The molecular weight excluding hydrogens is 204 g/mol. The lowest BCUT2D eigenvalue weighted by Crippen LogP contribution is -2.47. The molecular formula is C12H18N2O2.